The SMILES string of the molecule is CCN1CCN(c2ccc(CNC[C@H]3CN(CCCC(C)C)CCO3)cc2)CC1.[HH]. The molecule has 0 amide bonds. The number of anilines is 1. The summed E-state index contributed by atoms with van der Waals surface area (Å²) in [6.45, 7) is 18.7. The van der Waals surface area contributed by atoms with Crippen LogP contribution in [0.3, 0.4) is 0 Å². The van der Waals surface area contributed by atoms with E-state index in [9.17, 15) is 0 Å². The number of nitrogens with zero attached hydrogens (tertiary/aromatic N) is 3. The van der Waals surface area contributed by atoms with Crippen molar-refractivity contribution >= 4 is 5.69 Å². The number of ether oxygens (including phenoxy) is 1. The molecule has 5 heteroatoms. The van der Waals surface area contributed by atoms with Gasteiger partial charge < -0.3 is 19.9 Å². The fourth-order valence-corrected chi connectivity index (χ4v) is 4.35. The molecule has 1 aromatic rings. The molecule has 0 unspecified atom stereocenters. The minimum absolute atomic E-state index is 0. The van der Waals surface area contributed by atoms with Gasteiger partial charge in [0.05, 0.1) is 12.7 Å². The summed E-state index contributed by atoms with van der Waals surface area (Å²) in [6, 6.07) is 9.11. The summed E-state index contributed by atoms with van der Waals surface area (Å²) in [5.74, 6) is 0.806. The summed E-state index contributed by atoms with van der Waals surface area (Å²) in [7, 11) is 0. The average molecular weight is 405 g/mol. The minimum Gasteiger partial charge on any atom is -0.374 e. The van der Waals surface area contributed by atoms with Crippen LogP contribution in [0.25, 0.3) is 0 Å². The Morgan fingerprint density at radius 1 is 1.07 bits per heavy atom. The predicted octanol–water partition coefficient (Wildman–Crippen LogP) is 3.30. The molecular weight excluding hydrogens is 360 g/mol. The van der Waals surface area contributed by atoms with E-state index in [4.69, 9.17) is 4.74 Å². The van der Waals surface area contributed by atoms with Crippen LogP contribution >= 0.6 is 0 Å². The summed E-state index contributed by atoms with van der Waals surface area (Å²) in [5, 5.41) is 3.61. The third-order valence-electron chi connectivity index (χ3n) is 6.30. The van der Waals surface area contributed by atoms with Crippen LogP contribution in [0.4, 0.5) is 5.69 Å². The highest BCUT2D eigenvalue weighted by molar-refractivity contribution is 5.48. The largest absolute Gasteiger partial charge is 0.374 e. The van der Waals surface area contributed by atoms with Gasteiger partial charge in [0.25, 0.3) is 0 Å². The summed E-state index contributed by atoms with van der Waals surface area (Å²) in [5.41, 5.74) is 2.71. The van der Waals surface area contributed by atoms with Crippen molar-refractivity contribution < 1.29 is 6.16 Å². The Hall–Kier alpha value is -1.14. The monoisotopic (exact) mass is 404 g/mol. The van der Waals surface area contributed by atoms with Crippen molar-refractivity contribution in [3.63, 3.8) is 0 Å². The molecule has 0 radical (unpaired) electrons. The zero-order chi connectivity index (χ0) is 20.5. The third-order valence-corrected chi connectivity index (χ3v) is 6.30. The number of likely N-dealkylation sites (N-methyl/N-ethyl adjacent to an activating group) is 1. The lowest BCUT2D eigenvalue weighted by Crippen LogP contribution is -2.46. The van der Waals surface area contributed by atoms with Crippen molar-refractivity contribution in [2.75, 3.05) is 70.4 Å². The highest BCUT2D eigenvalue weighted by atomic mass is 16.5. The van der Waals surface area contributed by atoms with Gasteiger partial charge >= 0.3 is 0 Å². The second-order valence-corrected chi connectivity index (χ2v) is 9.05. The molecule has 0 aromatic heterocycles. The second kappa shape index (κ2) is 11.9. The quantitative estimate of drug-likeness (QED) is 0.647. The smallest absolute Gasteiger partial charge is 0.0826 e. The predicted molar refractivity (Wildman–Crippen MR) is 125 cm³/mol. The van der Waals surface area contributed by atoms with Crippen LogP contribution in [0.1, 0.15) is 40.6 Å². The number of rotatable bonds is 10. The standard InChI is InChI=1S/C24H42N4O.H2/c1-4-26-12-14-28(15-13-26)23-9-7-22(8-10-23)18-25-19-24-20-27(16-17-29-24)11-5-6-21(2)3;/h7-10,21,24-25H,4-6,11-20H2,1-3H3;1H/t24-;/m0./s1. The van der Waals surface area contributed by atoms with E-state index in [1.807, 2.05) is 0 Å². The van der Waals surface area contributed by atoms with Gasteiger partial charge in [0, 0.05) is 59.5 Å². The molecule has 0 spiro atoms. The molecule has 3 rings (SSSR count). The van der Waals surface area contributed by atoms with Gasteiger partial charge in [-0.05, 0) is 49.5 Å². The Kier molecular flexibility index (Phi) is 9.25. The van der Waals surface area contributed by atoms with E-state index in [1.165, 1.54) is 50.3 Å². The van der Waals surface area contributed by atoms with Gasteiger partial charge in [-0.3, -0.25) is 4.90 Å². The molecule has 2 saturated heterocycles. The molecule has 1 N–H and O–H groups in total. The number of hydrogen-bond donors (Lipinski definition) is 1. The Labute approximate surface area is 179 Å². The maximum atomic E-state index is 5.98. The van der Waals surface area contributed by atoms with Gasteiger partial charge in [-0.2, -0.15) is 0 Å². The van der Waals surface area contributed by atoms with E-state index >= 15 is 0 Å². The van der Waals surface area contributed by atoms with Crippen molar-refractivity contribution in [1.82, 2.24) is 15.1 Å². The Balaban J connectivity index is 0.00000320. The van der Waals surface area contributed by atoms with Crippen LogP contribution < -0.4 is 10.2 Å². The van der Waals surface area contributed by atoms with E-state index in [0.717, 1.165) is 51.8 Å². The highest BCUT2D eigenvalue weighted by Gasteiger charge is 2.20. The van der Waals surface area contributed by atoms with Crippen molar-refractivity contribution in [1.29, 1.82) is 0 Å². The molecule has 1 atom stereocenters. The number of morpholine rings is 1. The average Bonchev–Trinajstić information content (AvgIpc) is 2.74. The van der Waals surface area contributed by atoms with Crippen LogP contribution in [0.5, 0.6) is 0 Å². The molecule has 2 aliphatic rings. The topological polar surface area (TPSA) is 31.0 Å². The van der Waals surface area contributed by atoms with E-state index in [0.29, 0.717) is 6.10 Å². The molecule has 0 bridgehead atoms. The van der Waals surface area contributed by atoms with E-state index in [-0.39, 0.29) is 1.43 Å². The lowest BCUT2D eigenvalue weighted by Gasteiger charge is -2.35. The number of hydrogen-bond acceptors (Lipinski definition) is 5. The molecule has 0 saturated carbocycles. The molecule has 2 heterocycles. The normalized spacial score (nSPS) is 21.8. The van der Waals surface area contributed by atoms with E-state index in [2.05, 4.69) is 65.1 Å². The number of benzene rings is 1. The highest BCUT2D eigenvalue weighted by Crippen LogP contribution is 2.17. The minimum atomic E-state index is 0. The van der Waals surface area contributed by atoms with Crippen molar-refractivity contribution in [2.45, 2.75) is 46.3 Å². The van der Waals surface area contributed by atoms with Gasteiger partial charge in [0.2, 0.25) is 0 Å². The first kappa shape index (κ1) is 22.5. The number of piperazine rings is 1. The Bertz CT molecular complexity index is 575. The lowest BCUT2D eigenvalue weighted by atomic mass is 10.1. The molecule has 2 aliphatic heterocycles. The fraction of sp³-hybridized carbons (Fsp3) is 0.750. The third kappa shape index (κ3) is 7.56. The van der Waals surface area contributed by atoms with Crippen LogP contribution in [-0.4, -0.2) is 81.4 Å². The van der Waals surface area contributed by atoms with E-state index in [1.54, 1.807) is 0 Å². The molecule has 166 valence electrons. The molecule has 1 aromatic carbocycles. The molecule has 2 fully saturated rings. The number of nitrogens with one attached hydrogen (secondary N) is 1. The molecule has 5 nitrogen and oxygen atoms in total. The van der Waals surface area contributed by atoms with Gasteiger partial charge in [-0.15, -0.1) is 0 Å². The fourth-order valence-electron chi connectivity index (χ4n) is 4.35. The maximum absolute atomic E-state index is 5.98. The summed E-state index contributed by atoms with van der Waals surface area (Å²) < 4.78 is 5.98. The maximum Gasteiger partial charge on any atom is 0.0826 e. The van der Waals surface area contributed by atoms with Crippen LogP contribution in [0.2, 0.25) is 0 Å². The molecule has 29 heavy (non-hydrogen) atoms. The molecule has 0 aliphatic carbocycles. The van der Waals surface area contributed by atoms with Gasteiger partial charge in [-0.1, -0.05) is 32.9 Å². The van der Waals surface area contributed by atoms with Gasteiger partial charge in [-0.25, -0.2) is 0 Å². The summed E-state index contributed by atoms with van der Waals surface area (Å²) in [6.07, 6.45) is 2.94. The first-order chi connectivity index (χ1) is 14.1. The van der Waals surface area contributed by atoms with E-state index < -0.39 is 0 Å². The van der Waals surface area contributed by atoms with Crippen molar-refractivity contribution in [3.05, 3.63) is 29.8 Å². The Morgan fingerprint density at radius 3 is 2.52 bits per heavy atom. The lowest BCUT2D eigenvalue weighted by molar-refractivity contribution is -0.0277. The zero-order valence-electron chi connectivity index (χ0n) is 18.9. The van der Waals surface area contributed by atoms with Crippen molar-refractivity contribution in [3.8, 4) is 0 Å². The van der Waals surface area contributed by atoms with Crippen LogP contribution in [0, 0.1) is 5.92 Å². The Morgan fingerprint density at radius 2 is 1.83 bits per heavy atom. The second-order valence-electron chi connectivity index (χ2n) is 9.05. The van der Waals surface area contributed by atoms with Gasteiger partial charge in [0.1, 0.15) is 0 Å². The van der Waals surface area contributed by atoms with Crippen LogP contribution in [-0.2, 0) is 11.3 Å². The van der Waals surface area contributed by atoms with Crippen LogP contribution in [0.15, 0.2) is 24.3 Å². The first-order valence-corrected chi connectivity index (χ1v) is 11.7. The first-order valence-electron chi connectivity index (χ1n) is 11.7. The van der Waals surface area contributed by atoms with Gasteiger partial charge in [0.15, 0.2) is 0 Å². The zero-order valence-corrected chi connectivity index (χ0v) is 18.9. The van der Waals surface area contributed by atoms with Crippen molar-refractivity contribution in [2.24, 2.45) is 5.92 Å². The summed E-state index contributed by atoms with van der Waals surface area (Å²) >= 11 is 0. The molecular formula is C24H44N4O. The summed E-state index contributed by atoms with van der Waals surface area (Å²) in [4.78, 5) is 7.60.